The van der Waals surface area contributed by atoms with Gasteiger partial charge in [-0.15, -0.1) is 11.3 Å². The van der Waals surface area contributed by atoms with Crippen LogP contribution in [0.3, 0.4) is 0 Å². The van der Waals surface area contributed by atoms with Gasteiger partial charge in [-0.05, 0) is 43.2 Å². The largest absolute Gasteiger partial charge is 0.490 e. The number of hydrogen-bond donors (Lipinski definition) is 0. The fourth-order valence-corrected chi connectivity index (χ4v) is 3.97. The summed E-state index contributed by atoms with van der Waals surface area (Å²) in [6.07, 6.45) is 0.936. The highest BCUT2D eigenvalue weighted by atomic mass is 79.9. The molecular formula is C16H17BrO2S. The lowest BCUT2D eigenvalue weighted by Gasteiger charge is -2.12. The van der Waals surface area contributed by atoms with Crippen LogP contribution in [0, 0.1) is 13.8 Å². The van der Waals surface area contributed by atoms with Gasteiger partial charge < -0.3 is 9.47 Å². The fraction of sp³-hybridized carbons (Fsp3) is 0.375. The third-order valence-corrected chi connectivity index (χ3v) is 6.04. The van der Waals surface area contributed by atoms with Crippen LogP contribution in [0.4, 0.5) is 0 Å². The van der Waals surface area contributed by atoms with E-state index >= 15 is 0 Å². The van der Waals surface area contributed by atoms with Crippen molar-refractivity contribution in [2.45, 2.75) is 25.1 Å². The van der Waals surface area contributed by atoms with Crippen LogP contribution in [0.25, 0.3) is 0 Å². The van der Waals surface area contributed by atoms with Gasteiger partial charge in [0.15, 0.2) is 11.5 Å². The Morgan fingerprint density at radius 3 is 2.55 bits per heavy atom. The Balaban J connectivity index is 1.92. The van der Waals surface area contributed by atoms with E-state index in [2.05, 4.69) is 48.0 Å². The minimum Gasteiger partial charge on any atom is -0.490 e. The van der Waals surface area contributed by atoms with Gasteiger partial charge in [0.1, 0.15) is 0 Å². The molecule has 1 atom stereocenters. The van der Waals surface area contributed by atoms with Gasteiger partial charge in [-0.2, -0.15) is 0 Å². The number of benzene rings is 1. The van der Waals surface area contributed by atoms with E-state index < -0.39 is 0 Å². The molecule has 1 aromatic heterocycles. The second-order valence-corrected chi connectivity index (χ2v) is 7.21. The second kappa shape index (κ2) is 5.78. The summed E-state index contributed by atoms with van der Waals surface area (Å²) in [5, 5.41) is 0. The molecule has 2 aromatic rings. The average molecular weight is 353 g/mol. The van der Waals surface area contributed by atoms with Crippen molar-refractivity contribution in [1.29, 1.82) is 0 Å². The van der Waals surface area contributed by atoms with Gasteiger partial charge in [0.05, 0.1) is 18.0 Å². The lowest BCUT2D eigenvalue weighted by Crippen LogP contribution is -1.97. The van der Waals surface area contributed by atoms with Crippen LogP contribution < -0.4 is 9.47 Å². The highest BCUT2D eigenvalue weighted by Gasteiger charge is 2.17. The number of hydrogen-bond acceptors (Lipinski definition) is 3. The lowest BCUT2D eigenvalue weighted by molar-refractivity contribution is 0.297. The van der Waals surface area contributed by atoms with E-state index in [1.54, 1.807) is 0 Å². The van der Waals surface area contributed by atoms with Crippen LogP contribution in [-0.4, -0.2) is 13.2 Å². The summed E-state index contributed by atoms with van der Waals surface area (Å²) in [6.45, 7) is 5.77. The second-order valence-electron chi connectivity index (χ2n) is 5.01. The Kier molecular flexibility index (Phi) is 4.03. The van der Waals surface area contributed by atoms with E-state index in [0.717, 1.165) is 31.1 Å². The fourth-order valence-electron chi connectivity index (χ4n) is 2.23. The van der Waals surface area contributed by atoms with Crippen LogP contribution in [-0.2, 0) is 0 Å². The molecule has 0 N–H and O–H groups in total. The zero-order valence-corrected chi connectivity index (χ0v) is 14.0. The maximum absolute atomic E-state index is 5.76. The van der Waals surface area contributed by atoms with Crippen molar-refractivity contribution in [1.82, 2.24) is 0 Å². The summed E-state index contributed by atoms with van der Waals surface area (Å²) in [5.41, 5.74) is 2.55. The van der Waals surface area contributed by atoms with Gasteiger partial charge in [-0.3, -0.25) is 0 Å². The molecule has 0 spiro atoms. The zero-order chi connectivity index (χ0) is 14.1. The minimum atomic E-state index is 0.206. The lowest BCUT2D eigenvalue weighted by atomic mass is 10.1. The normalized spacial score (nSPS) is 15.8. The average Bonchev–Trinajstić information content (AvgIpc) is 2.67. The van der Waals surface area contributed by atoms with Crippen molar-refractivity contribution in [3.8, 4) is 11.5 Å². The molecule has 0 radical (unpaired) electrons. The standard InChI is InChI=1S/C16H17BrO2S/c1-10-8-15(20-11(10)2)16(17)12-4-5-13-14(9-12)19-7-3-6-18-13/h4-5,8-9,16H,3,6-7H2,1-2H3. The number of alkyl halides is 1. The number of fused-ring (bicyclic) bond motifs is 1. The summed E-state index contributed by atoms with van der Waals surface area (Å²) in [7, 11) is 0. The molecule has 0 aliphatic carbocycles. The summed E-state index contributed by atoms with van der Waals surface area (Å²) in [5.74, 6) is 1.71. The maximum Gasteiger partial charge on any atom is 0.161 e. The molecule has 1 aliphatic heterocycles. The van der Waals surface area contributed by atoms with Crippen LogP contribution in [0.2, 0.25) is 0 Å². The molecular weight excluding hydrogens is 336 g/mol. The number of rotatable bonds is 2. The molecule has 4 heteroatoms. The van der Waals surface area contributed by atoms with Crippen molar-refractivity contribution in [3.05, 3.63) is 45.1 Å². The monoisotopic (exact) mass is 352 g/mol. The maximum atomic E-state index is 5.76. The van der Waals surface area contributed by atoms with E-state index in [0.29, 0.717) is 0 Å². The molecule has 2 nitrogen and oxygen atoms in total. The van der Waals surface area contributed by atoms with E-state index in [1.165, 1.54) is 20.9 Å². The Morgan fingerprint density at radius 1 is 1.10 bits per heavy atom. The molecule has 20 heavy (non-hydrogen) atoms. The molecule has 3 rings (SSSR count). The first-order valence-corrected chi connectivity index (χ1v) is 8.49. The molecule has 1 unspecified atom stereocenters. The van der Waals surface area contributed by atoms with Crippen molar-refractivity contribution >= 4 is 27.3 Å². The van der Waals surface area contributed by atoms with E-state index in [4.69, 9.17) is 9.47 Å². The van der Waals surface area contributed by atoms with Gasteiger partial charge in [-0.25, -0.2) is 0 Å². The molecule has 1 aromatic carbocycles. The topological polar surface area (TPSA) is 18.5 Å². The first-order chi connectivity index (χ1) is 9.65. The van der Waals surface area contributed by atoms with Crippen LogP contribution in [0.5, 0.6) is 11.5 Å². The predicted octanol–water partition coefficient (Wildman–Crippen LogP) is 5.01. The van der Waals surface area contributed by atoms with Crippen molar-refractivity contribution in [2.75, 3.05) is 13.2 Å². The summed E-state index contributed by atoms with van der Waals surface area (Å²) >= 11 is 5.64. The molecule has 0 bridgehead atoms. The van der Waals surface area contributed by atoms with Gasteiger partial charge in [0, 0.05) is 16.2 Å². The third-order valence-electron chi connectivity index (χ3n) is 3.50. The number of ether oxygens (including phenoxy) is 2. The number of aryl methyl sites for hydroxylation is 2. The molecule has 106 valence electrons. The molecule has 0 amide bonds. The van der Waals surface area contributed by atoms with Gasteiger partial charge >= 0.3 is 0 Å². The van der Waals surface area contributed by atoms with E-state index in [-0.39, 0.29) is 4.83 Å². The van der Waals surface area contributed by atoms with Crippen molar-refractivity contribution in [3.63, 3.8) is 0 Å². The van der Waals surface area contributed by atoms with E-state index in [9.17, 15) is 0 Å². The van der Waals surface area contributed by atoms with Crippen molar-refractivity contribution < 1.29 is 9.47 Å². The minimum absolute atomic E-state index is 0.206. The predicted molar refractivity (Wildman–Crippen MR) is 86.6 cm³/mol. The molecule has 0 fully saturated rings. The Morgan fingerprint density at radius 2 is 1.85 bits per heavy atom. The Bertz CT molecular complexity index is 601. The highest BCUT2D eigenvalue weighted by Crippen LogP contribution is 2.40. The molecule has 2 heterocycles. The first-order valence-electron chi connectivity index (χ1n) is 6.75. The molecule has 0 saturated heterocycles. The SMILES string of the molecule is Cc1cc(C(Br)c2ccc3c(c2)OCCCO3)sc1C. The number of thiophene rings is 1. The summed E-state index contributed by atoms with van der Waals surface area (Å²) < 4.78 is 11.4. The van der Waals surface area contributed by atoms with Crippen LogP contribution >= 0.6 is 27.3 Å². The van der Waals surface area contributed by atoms with Gasteiger partial charge in [0.2, 0.25) is 0 Å². The first kappa shape index (κ1) is 14.0. The van der Waals surface area contributed by atoms with Crippen LogP contribution in [0.1, 0.15) is 32.1 Å². The Hall–Kier alpha value is -1.00. The third kappa shape index (κ3) is 2.72. The highest BCUT2D eigenvalue weighted by molar-refractivity contribution is 9.09. The number of halogens is 1. The van der Waals surface area contributed by atoms with Crippen LogP contribution in [0.15, 0.2) is 24.3 Å². The zero-order valence-electron chi connectivity index (χ0n) is 11.6. The quantitative estimate of drug-likeness (QED) is 0.707. The Labute approximate surface area is 131 Å². The molecule has 0 saturated carbocycles. The van der Waals surface area contributed by atoms with E-state index in [1.807, 2.05) is 17.4 Å². The van der Waals surface area contributed by atoms with Crippen molar-refractivity contribution in [2.24, 2.45) is 0 Å². The van der Waals surface area contributed by atoms with Gasteiger partial charge in [-0.1, -0.05) is 22.0 Å². The summed E-state index contributed by atoms with van der Waals surface area (Å²) in [4.78, 5) is 2.91. The summed E-state index contributed by atoms with van der Waals surface area (Å²) in [6, 6.07) is 8.46. The smallest absolute Gasteiger partial charge is 0.161 e. The molecule has 1 aliphatic rings. The van der Waals surface area contributed by atoms with Gasteiger partial charge in [0.25, 0.3) is 0 Å².